The van der Waals surface area contributed by atoms with Crippen LogP contribution in [0.25, 0.3) is 10.9 Å². The van der Waals surface area contributed by atoms with E-state index in [0.717, 1.165) is 0 Å². The zero-order valence-electron chi connectivity index (χ0n) is 11.9. The topological polar surface area (TPSA) is 138 Å². The first kappa shape index (κ1) is 15.4. The summed E-state index contributed by atoms with van der Waals surface area (Å²) >= 11 is 0. The van der Waals surface area contributed by atoms with Crippen molar-refractivity contribution in [2.75, 3.05) is 6.54 Å². The molecule has 9 nitrogen and oxygen atoms in total. The predicted octanol–water partition coefficient (Wildman–Crippen LogP) is 1.31. The van der Waals surface area contributed by atoms with Crippen LogP contribution >= 0.6 is 0 Å². The van der Waals surface area contributed by atoms with Crippen molar-refractivity contribution in [2.24, 2.45) is 5.41 Å². The van der Waals surface area contributed by atoms with Crippen molar-refractivity contribution in [1.29, 1.82) is 0 Å². The fourth-order valence-corrected chi connectivity index (χ4v) is 1.75. The SMILES string of the molecule is CC(C)(CNC(=O)c1n[nH]c2ccc([N+](=O)[O-])cc12)C(=O)O. The number of aromatic amines is 1. The van der Waals surface area contributed by atoms with Crippen molar-refractivity contribution >= 4 is 28.5 Å². The lowest BCUT2D eigenvalue weighted by molar-refractivity contribution is -0.384. The lowest BCUT2D eigenvalue weighted by Gasteiger charge is -2.18. The normalized spacial score (nSPS) is 11.4. The number of nitrogens with zero attached hydrogens (tertiary/aromatic N) is 2. The van der Waals surface area contributed by atoms with Gasteiger partial charge in [-0.25, -0.2) is 0 Å². The summed E-state index contributed by atoms with van der Waals surface area (Å²) in [5, 5.41) is 29.0. The molecule has 0 atom stereocenters. The number of carboxylic acid groups (broad SMARTS) is 1. The summed E-state index contributed by atoms with van der Waals surface area (Å²) < 4.78 is 0. The highest BCUT2D eigenvalue weighted by molar-refractivity contribution is 6.05. The molecular formula is C13H14N4O5. The molecule has 0 aliphatic heterocycles. The van der Waals surface area contributed by atoms with Crippen molar-refractivity contribution < 1.29 is 19.6 Å². The molecule has 0 fully saturated rings. The quantitative estimate of drug-likeness (QED) is 0.562. The van der Waals surface area contributed by atoms with Gasteiger partial charge in [0, 0.05) is 24.1 Å². The number of aromatic nitrogens is 2. The second-order valence-electron chi connectivity index (χ2n) is 5.43. The number of nitro groups is 1. The second-order valence-corrected chi connectivity index (χ2v) is 5.43. The molecule has 0 aliphatic carbocycles. The number of nitrogens with one attached hydrogen (secondary N) is 2. The molecule has 0 spiro atoms. The highest BCUT2D eigenvalue weighted by Crippen LogP contribution is 2.22. The zero-order chi connectivity index (χ0) is 16.5. The number of fused-ring (bicyclic) bond motifs is 1. The van der Waals surface area contributed by atoms with E-state index in [9.17, 15) is 19.7 Å². The number of H-pyrrole nitrogens is 1. The van der Waals surface area contributed by atoms with Gasteiger partial charge in [-0.2, -0.15) is 5.10 Å². The molecule has 1 aromatic heterocycles. The largest absolute Gasteiger partial charge is 0.481 e. The van der Waals surface area contributed by atoms with Gasteiger partial charge in [-0.3, -0.25) is 24.8 Å². The van der Waals surface area contributed by atoms with Crippen LogP contribution in [0.15, 0.2) is 18.2 Å². The maximum atomic E-state index is 12.1. The first-order chi connectivity index (χ1) is 10.2. The summed E-state index contributed by atoms with van der Waals surface area (Å²) in [6.45, 7) is 2.86. The van der Waals surface area contributed by atoms with Crippen LogP contribution in [0, 0.1) is 15.5 Å². The number of amides is 1. The molecule has 9 heteroatoms. The van der Waals surface area contributed by atoms with E-state index in [1.165, 1.54) is 32.0 Å². The molecule has 0 unspecified atom stereocenters. The number of rotatable bonds is 5. The van der Waals surface area contributed by atoms with E-state index in [1.54, 1.807) is 0 Å². The average molecular weight is 306 g/mol. The lowest BCUT2D eigenvalue weighted by Crippen LogP contribution is -2.39. The Morgan fingerprint density at radius 2 is 2.14 bits per heavy atom. The third-order valence-electron chi connectivity index (χ3n) is 3.24. The summed E-state index contributed by atoms with van der Waals surface area (Å²) in [5.41, 5.74) is -0.824. The molecular weight excluding hydrogens is 292 g/mol. The molecule has 116 valence electrons. The summed E-state index contributed by atoms with van der Waals surface area (Å²) in [5.74, 6) is -1.64. The number of nitro benzene ring substituents is 1. The highest BCUT2D eigenvalue weighted by atomic mass is 16.6. The van der Waals surface area contributed by atoms with Crippen LogP contribution < -0.4 is 5.32 Å². The summed E-state index contributed by atoms with van der Waals surface area (Å²) in [4.78, 5) is 33.3. The van der Waals surface area contributed by atoms with Crippen molar-refractivity contribution in [1.82, 2.24) is 15.5 Å². The number of carbonyl (C=O) groups excluding carboxylic acids is 1. The third kappa shape index (κ3) is 2.87. The molecule has 0 radical (unpaired) electrons. The van der Waals surface area contributed by atoms with Crippen LogP contribution in [0.3, 0.4) is 0 Å². The van der Waals surface area contributed by atoms with Gasteiger partial charge in [0.05, 0.1) is 15.9 Å². The van der Waals surface area contributed by atoms with Gasteiger partial charge >= 0.3 is 5.97 Å². The number of non-ortho nitro benzene ring substituents is 1. The van der Waals surface area contributed by atoms with Gasteiger partial charge < -0.3 is 10.4 Å². The van der Waals surface area contributed by atoms with Gasteiger partial charge in [0.25, 0.3) is 11.6 Å². The van der Waals surface area contributed by atoms with E-state index in [1.807, 2.05) is 0 Å². The Morgan fingerprint density at radius 1 is 1.45 bits per heavy atom. The number of aliphatic carboxylic acids is 1. The van der Waals surface area contributed by atoms with Gasteiger partial charge in [0.2, 0.25) is 0 Å². The Kier molecular flexibility index (Phi) is 3.81. The molecule has 0 saturated heterocycles. The molecule has 2 aromatic rings. The maximum absolute atomic E-state index is 12.1. The second kappa shape index (κ2) is 5.43. The van der Waals surface area contributed by atoms with Crippen molar-refractivity contribution in [3.8, 4) is 0 Å². The Labute approximate surface area is 124 Å². The Hall–Kier alpha value is -2.97. The van der Waals surface area contributed by atoms with Crippen molar-refractivity contribution in [2.45, 2.75) is 13.8 Å². The first-order valence-corrected chi connectivity index (χ1v) is 6.36. The van der Waals surface area contributed by atoms with Crippen LogP contribution in [0.5, 0.6) is 0 Å². The van der Waals surface area contributed by atoms with Gasteiger partial charge in [-0.15, -0.1) is 0 Å². The minimum Gasteiger partial charge on any atom is -0.481 e. The van der Waals surface area contributed by atoms with Gasteiger partial charge in [0.15, 0.2) is 5.69 Å². The third-order valence-corrected chi connectivity index (χ3v) is 3.24. The predicted molar refractivity (Wildman–Crippen MR) is 76.5 cm³/mol. The monoisotopic (exact) mass is 306 g/mol. The number of hydrogen-bond acceptors (Lipinski definition) is 5. The minimum atomic E-state index is -1.13. The van der Waals surface area contributed by atoms with E-state index >= 15 is 0 Å². The number of carboxylic acids is 1. The van der Waals surface area contributed by atoms with Gasteiger partial charge in [-0.1, -0.05) is 0 Å². The Bertz CT molecular complexity index is 765. The highest BCUT2D eigenvalue weighted by Gasteiger charge is 2.28. The average Bonchev–Trinajstić information content (AvgIpc) is 2.87. The van der Waals surface area contributed by atoms with Crippen LogP contribution in [-0.4, -0.2) is 38.6 Å². The maximum Gasteiger partial charge on any atom is 0.310 e. The fraction of sp³-hybridized carbons (Fsp3) is 0.308. The zero-order valence-corrected chi connectivity index (χ0v) is 11.9. The van der Waals surface area contributed by atoms with Gasteiger partial charge in [-0.05, 0) is 19.9 Å². The molecule has 1 aromatic carbocycles. The molecule has 0 bridgehead atoms. The number of carbonyl (C=O) groups is 2. The molecule has 1 heterocycles. The number of hydrogen-bond donors (Lipinski definition) is 3. The molecule has 0 saturated carbocycles. The van der Waals surface area contributed by atoms with E-state index in [-0.39, 0.29) is 17.9 Å². The van der Waals surface area contributed by atoms with Crippen LogP contribution in [0.1, 0.15) is 24.3 Å². The fourth-order valence-electron chi connectivity index (χ4n) is 1.75. The summed E-state index contributed by atoms with van der Waals surface area (Å²) in [6.07, 6.45) is 0. The Morgan fingerprint density at radius 3 is 2.73 bits per heavy atom. The summed E-state index contributed by atoms with van der Waals surface area (Å²) in [7, 11) is 0. The van der Waals surface area contributed by atoms with Gasteiger partial charge in [0.1, 0.15) is 0 Å². The Balaban J connectivity index is 2.27. The van der Waals surface area contributed by atoms with Crippen LogP contribution in [0.4, 0.5) is 5.69 Å². The molecule has 0 aliphatic rings. The lowest BCUT2D eigenvalue weighted by atomic mass is 9.94. The first-order valence-electron chi connectivity index (χ1n) is 6.36. The van der Waals surface area contributed by atoms with E-state index in [2.05, 4.69) is 15.5 Å². The molecule has 1 amide bonds. The van der Waals surface area contributed by atoms with E-state index < -0.39 is 22.2 Å². The molecule has 2 rings (SSSR count). The van der Waals surface area contributed by atoms with E-state index in [4.69, 9.17) is 5.11 Å². The molecule has 22 heavy (non-hydrogen) atoms. The van der Waals surface area contributed by atoms with Crippen molar-refractivity contribution in [3.63, 3.8) is 0 Å². The van der Waals surface area contributed by atoms with Crippen molar-refractivity contribution in [3.05, 3.63) is 34.0 Å². The number of benzene rings is 1. The molecule has 3 N–H and O–H groups in total. The minimum absolute atomic E-state index is 0.0140. The standard InChI is InChI=1S/C13H14N4O5/c1-13(2,12(19)20)6-14-11(18)10-8-5-7(17(21)22)3-4-9(8)15-16-10/h3-5H,6H2,1-2H3,(H,14,18)(H,15,16)(H,19,20). The van der Waals surface area contributed by atoms with Crippen LogP contribution in [0.2, 0.25) is 0 Å². The van der Waals surface area contributed by atoms with Crippen LogP contribution in [-0.2, 0) is 4.79 Å². The summed E-state index contributed by atoms with van der Waals surface area (Å²) in [6, 6.07) is 4.00. The smallest absolute Gasteiger partial charge is 0.310 e. The van der Waals surface area contributed by atoms with E-state index in [0.29, 0.717) is 10.9 Å².